The molecule has 0 radical (unpaired) electrons. The summed E-state index contributed by atoms with van der Waals surface area (Å²) in [4.78, 5) is 25.2. The number of amides is 2. The van der Waals surface area contributed by atoms with Crippen LogP contribution in [-0.4, -0.2) is 29.3 Å². The number of hydrogen-bond donors (Lipinski definition) is 1. The second-order valence-electron chi connectivity index (χ2n) is 5.26. The summed E-state index contributed by atoms with van der Waals surface area (Å²) in [7, 11) is 0. The summed E-state index contributed by atoms with van der Waals surface area (Å²) in [5.74, 6) is -0.602. The first-order chi connectivity index (χ1) is 9.58. The Morgan fingerprint density at radius 2 is 1.95 bits per heavy atom. The molecule has 1 heterocycles. The Morgan fingerprint density at radius 3 is 2.60 bits per heavy atom. The lowest BCUT2D eigenvalue weighted by Gasteiger charge is -2.36. The third kappa shape index (κ3) is 3.47. The normalized spacial score (nSPS) is 22.9. The molecule has 106 valence electrons. The van der Waals surface area contributed by atoms with Crippen molar-refractivity contribution in [1.29, 1.82) is 0 Å². The number of primary amides is 1. The Bertz CT molecular complexity index is 510. The smallest absolute Gasteiger partial charge is 0.246 e. The summed E-state index contributed by atoms with van der Waals surface area (Å²) in [6.45, 7) is 2.43. The topological polar surface area (TPSA) is 63.4 Å². The molecule has 1 aromatic rings. The highest BCUT2D eigenvalue weighted by Crippen LogP contribution is 2.22. The Kier molecular flexibility index (Phi) is 4.56. The first-order valence-corrected chi connectivity index (χ1v) is 6.91. The molecule has 2 rings (SSSR count). The van der Waals surface area contributed by atoms with E-state index in [1.54, 1.807) is 17.1 Å². The number of hydrogen-bond acceptors (Lipinski definition) is 2. The Balaban J connectivity index is 2.03. The summed E-state index contributed by atoms with van der Waals surface area (Å²) < 4.78 is 0. The fourth-order valence-corrected chi connectivity index (χ4v) is 2.47. The highest BCUT2D eigenvalue weighted by Gasteiger charge is 2.30. The van der Waals surface area contributed by atoms with E-state index in [-0.39, 0.29) is 23.8 Å². The van der Waals surface area contributed by atoms with Crippen LogP contribution in [0.3, 0.4) is 0 Å². The molecule has 1 saturated heterocycles. The van der Waals surface area contributed by atoms with Gasteiger partial charge in [0.25, 0.3) is 0 Å². The summed E-state index contributed by atoms with van der Waals surface area (Å²) in [6, 6.07) is 9.82. The van der Waals surface area contributed by atoms with E-state index in [2.05, 4.69) is 0 Å². The number of nitrogens with zero attached hydrogens (tertiary/aromatic N) is 1. The van der Waals surface area contributed by atoms with Crippen LogP contribution >= 0.6 is 0 Å². The summed E-state index contributed by atoms with van der Waals surface area (Å²) in [5, 5.41) is 0. The zero-order valence-corrected chi connectivity index (χ0v) is 11.7. The van der Waals surface area contributed by atoms with Gasteiger partial charge in [0.1, 0.15) is 0 Å². The lowest BCUT2D eigenvalue weighted by molar-refractivity contribution is -0.133. The molecular formula is C16H20N2O2. The molecule has 4 nitrogen and oxygen atoms in total. The minimum Gasteiger partial charge on any atom is -0.369 e. The van der Waals surface area contributed by atoms with E-state index < -0.39 is 0 Å². The van der Waals surface area contributed by atoms with Gasteiger partial charge in [-0.2, -0.15) is 0 Å². The van der Waals surface area contributed by atoms with Gasteiger partial charge in [-0.3, -0.25) is 9.59 Å². The molecule has 1 aliphatic heterocycles. The third-order valence-electron chi connectivity index (χ3n) is 3.79. The van der Waals surface area contributed by atoms with Gasteiger partial charge in [-0.05, 0) is 31.4 Å². The van der Waals surface area contributed by atoms with Crippen LogP contribution in [0.1, 0.15) is 25.3 Å². The van der Waals surface area contributed by atoms with E-state index in [1.807, 2.05) is 37.3 Å². The van der Waals surface area contributed by atoms with Crippen LogP contribution in [0.2, 0.25) is 0 Å². The van der Waals surface area contributed by atoms with Gasteiger partial charge in [0.05, 0.1) is 5.92 Å². The van der Waals surface area contributed by atoms with Crippen molar-refractivity contribution >= 4 is 17.9 Å². The minimum absolute atomic E-state index is 0.0627. The first-order valence-electron chi connectivity index (χ1n) is 6.91. The van der Waals surface area contributed by atoms with Crippen LogP contribution < -0.4 is 5.73 Å². The predicted molar refractivity (Wildman–Crippen MR) is 78.6 cm³/mol. The molecule has 1 fully saturated rings. The van der Waals surface area contributed by atoms with Gasteiger partial charge in [-0.15, -0.1) is 0 Å². The van der Waals surface area contributed by atoms with E-state index in [0.717, 1.165) is 18.4 Å². The second kappa shape index (κ2) is 6.37. The zero-order valence-electron chi connectivity index (χ0n) is 11.7. The number of carbonyl (C=O) groups is 2. The molecule has 0 aromatic heterocycles. The number of carbonyl (C=O) groups excluding carboxylic acids is 2. The van der Waals surface area contributed by atoms with Gasteiger partial charge in [0.15, 0.2) is 0 Å². The third-order valence-corrected chi connectivity index (χ3v) is 3.79. The van der Waals surface area contributed by atoms with Crippen molar-refractivity contribution in [2.75, 3.05) is 6.54 Å². The maximum Gasteiger partial charge on any atom is 0.246 e. The fraction of sp³-hybridized carbons (Fsp3) is 0.375. The molecule has 0 spiro atoms. The van der Waals surface area contributed by atoms with Gasteiger partial charge in [-0.1, -0.05) is 30.3 Å². The average Bonchev–Trinajstić information content (AvgIpc) is 2.46. The van der Waals surface area contributed by atoms with Gasteiger partial charge in [0.2, 0.25) is 11.8 Å². The fourth-order valence-electron chi connectivity index (χ4n) is 2.47. The van der Waals surface area contributed by atoms with Crippen molar-refractivity contribution < 1.29 is 9.59 Å². The quantitative estimate of drug-likeness (QED) is 0.853. The Labute approximate surface area is 119 Å². The Hall–Kier alpha value is -2.10. The van der Waals surface area contributed by atoms with Crippen LogP contribution in [0.5, 0.6) is 0 Å². The molecule has 0 aliphatic carbocycles. The Morgan fingerprint density at radius 1 is 1.25 bits per heavy atom. The van der Waals surface area contributed by atoms with E-state index >= 15 is 0 Å². The number of benzene rings is 1. The van der Waals surface area contributed by atoms with Gasteiger partial charge in [-0.25, -0.2) is 0 Å². The van der Waals surface area contributed by atoms with Crippen molar-refractivity contribution in [2.24, 2.45) is 11.7 Å². The first kappa shape index (κ1) is 14.3. The van der Waals surface area contributed by atoms with E-state index in [1.165, 1.54) is 0 Å². The van der Waals surface area contributed by atoms with Crippen molar-refractivity contribution in [3.63, 3.8) is 0 Å². The molecule has 1 aliphatic rings. The molecular weight excluding hydrogens is 252 g/mol. The summed E-state index contributed by atoms with van der Waals surface area (Å²) >= 11 is 0. The van der Waals surface area contributed by atoms with Crippen LogP contribution in [0, 0.1) is 5.92 Å². The van der Waals surface area contributed by atoms with Crippen molar-refractivity contribution in [2.45, 2.75) is 25.8 Å². The highest BCUT2D eigenvalue weighted by molar-refractivity contribution is 5.92. The van der Waals surface area contributed by atoms with Crippen molar-refractivity contribution in [3.05, 3.63) is 42.0 Å². The predicted octanol–water partition coefficient (Wildman–Crippen LogP) is 1.81. The molecule has 1 aromatic carbocycles. The molecule has 20 heavy (non-hydrogen) atoms. The lowest BCUT2D eigenvalue weighted by Crippen LogP contribution is -2.48. The maximum absolute atomic E-state index is 12.2. The number of piperidine rings is 1. The number of nitrogens with two attached hydrogens (primary N) is 1. The molecule has 0 unspecified atom stereocenters. The highest BCUT2D eigenvalue weighted by atomic mass is 16.2. The SMILES string of the molecule is C[C@@H]1CC[C@@H](C(N)=O)CN1C(=O)/C=C/c1ccccc1. The average molecular weight is 272 g/mol. The molecule has 0 saturated carbocycles. The number of rotatable bonds is 3. The van der Waals surface area contributed by atoms with Crippen LogP contribution in [0.15, 0.2) is 36.4 Å². The van der Waals surface area contributed by atoms with Crippen LogP contribution in [0.25, 0.3) is 6.08 Å². The van der Waals surface area contributed by atoms with Crippen LogP contribution in [-0.2, 0) is 9.59 Å². The van der Waals surface area contributed by atoms with Crippen molar-refractivity contribution in [3.8, 4) is 0 Å². The van der Waals surface area contributed by atoms with Gasteiger partial charge < -0.3 is 10.6 Å². The minimum atomic E-state index is -0.318. The zero-order chi connectivity index (χ0) is 14.5. The van der Waals surface area contributed by atoms with E-state index in [4.69, 9.17) is 5.73 Å². The molecule has 2 atom stereocenters. The summed E-state index contributed by atoms with van der Waals surface area (Å²) in [6.07, 6.45) is 4.94. The van der Waals surface area contributed by atoms with E-state index in [0.29, 0.717) is 6.54 Å². The molecule has 0 bridgehead atoms. The molecule has 2 N–H and O–H groups in total. The van der Waals surface area contributed by atoms with Crippen LogP contribution in [0.4, 0.5) is 0 Å². The maximum atomic E-state index is 12.2. The molecule has 4 heteroatoms. The van der Waals surface area contributed by atoms with Crippen molar-refractivity contribution in [1.82, 2.24) is 4.90 Å². The monoisotopic (exact) mass is 272 g/mol. The lowest BCUT2D eigenvalue weighted by atomic mass is 9.93. The van der Waals surface area contributed by atoms with E-state index in [9.17, 15) is 9.59 Å². The largest absolute Gasteiger partial charge is 0.369 e. The van der Waals surface area contributed by atoms with Gasteiger partial charge >= 0.3 is 0 Å². The molecule has 2 amide bonds. The summed E-state index contributed by atoms with van der Waals surface area (Å²) in [5.41, 5.74) is 6.33. The second-order valence-corrected chi connectivity index (χ2v) is 5.26. The standard InChI is InChI=1S/C16H20N2O2/c1-12-7-9-14(16(17)20)11-18(12)15(19)10-8-13-5-3-2-4-6-13/h2-6,8,10,12,14H,7,9,11H2,1H3,(H2,17,20)/b10-8+/t12-,14-/m1/s1. The van der Waals surface area contributed by atoms with Gasteiger partial charge in [0, 0.05) is 18.7 Å². The number of likely N-dealkylation sites (tertiary alicyclic amines) is 1.